The topological polar surface area (TPSA) is 0 Å². The maximum absolute atomic E-state index is 4.93. The molecule has 0 nitrogen and oxygen atoms in total. The van der Waals surface area contributed by atoms with Gasteiger partial charge in [-0.15, -0.1) is 0 Å². The van der Waals surface area contributed by atoms with E-state index in [1.807, 2.05) is 0 Å². The minimum absolute atomic E-state index is 0.750. The molecule has 0 atom stereocenters. The van der Waals surface area contributed by atoms with Crippen LogP contribution in [0.5, 0.6) is 0 Å². The van der Waals surface area contributed by atoms with Gasteiger partial charge in [0.1, 0.15) is 0 Å². The van der Waals surface area contributed by atoms with Gasteiger partial charge in [0.05, 0.1) is 0 Å². The predicted molar refractivity (Wildman–Crippen MR) is 130 cm³/mol. The van der Waals surface area contributed by atoms with E-state index < -0.39 is 20.8 Å². The van der Waals surface area contributed by atoms with Crippen LogP contribution < -0.4 is 0 Å². The van der Waals surface area contributed by atoms with Crippen molar-refractivity contribution in [2.24, 2.45) is 11.8 Å². The third-order valence-electron chi connectivity index (χ3n) is 3.87. The van der Waals surface area contributed by atoms with Crippen molar-refractivity contribution in [3.8, 4) is 0 Å². The van der Waals surface area contributed by atoms with Crippen LogP contribution in [0.3, 0.4) is 0 Å². The summed E-state index contributed by atoms with van der Waals surface area (Å²) in [5.41, 5.74) is 5.94. The van der Waals surface area contributed by atoms with E-state index in [1.165, 1.54) is 35.1 Å². The van der Waals surface area contributed by atoms with Crippen molar-refractivity contribution in [2.75, 3.05) is 0 Å². The normalized spacial score (nSPS) is 9.57. The fourth-order valence-corrected chi connectivity index (χ4v) is 2.73. The molecule has 0 aliphatic heterocycles. The van der Waals surface area contributed by atoms with Crippen LogP contribution >= 0.6 is 17.0 Å². The molecule has 4 heteroatoms. The number of aryl methyl sites for hydroxylation is 2. The minimum atomic E-state index is -0.826. The Labute approximate surface area is 197 Å². The molecule has 0 bridgehead atoms. The molecule has 2 aromatic carbocycles. The number of rotatable bonds is 6. The average molecular weight is 520 g/mol. The van der Waals surface area contributed by atoms with Crippen LogP contribution in [0.2, 0.25) is 13.1 Å². The summed E-state index contributed by atoms with van der Waals surface area (Å²) >= 11 is -0.826. The summed E-state index contributed by atoms with van der Waals surface area (Å²) in [5, 5.41) is 0. The molecule has 2 rings (SSSR count). The Morgan fingerprint density at radius 2 is 1.11 bits per heavy atom. The van der Waals surface area contributed by atoms with Gasteiger partial charge in [0.2, 0.25) is 0 Å². The first-order chi connectivity index (χ1) is 13.3. The zero-order chi connectivity index (χ0) is 21.9. The second-order valence-corrected chi connectivity index (χ2v) is 12.7. The molecule has 0 fully saturated rings. The van der Waals surface area contributed by atoms with E-state index in [1.54, 1.807) is 0 Å². The van der Waals surface area contributed by atoms with Crippen LogP contribution in [0.1, 0.15) is 63.8 Å². The van der Waals surface area contributed by atoms with Crippen molar-refractivity contribution in [3.63, 3.8) is 0 Å². The molecule has 0 aromatic heterocycles. The van der Waals surface area contributed by atoms with Gasteiger partial charge in [0.25, 0.3) is 0 Å². The van der Waals surface area contributed by atoms with E-state index in [9.17, 15) is 0 Å². The van der Waals surface area contributed by atoms with Crippen LogP contribution in [0.25, 0.3) is 0 Å². The summed E-state index contributed by atoms with van der Waals surface area (Å²) in [7, 11) is 10.6. The van der Waals surface area contributed by atoms with Crippen LogP contribution in [0.4, 0.5) is 0 Å². The van der Waals surface area contributed by atoms with Gasteiger partial charge >= 0.3 is 37.9 Å². The third-order valence-corrected chi connectivity index (χ3v) is 3.87. The molecule has 0 spiro atoms. The standard InChI is InChI=1S/2C11H17.C2H7Si.2ClH.Zr/c2*1-4-10-5-6-11(8-10)7-9(2)3;1-3-2;;;/h2*5-6,8-9H,4,7H2,1-3H3;3H,1-2H3;2*1H;/q2*-1;;;;+4/p-2. The first-order valence-electron chi connectivity index (χ1n) is 10.5. The van der Waals surface area contributed by atoms with Crippen molar-refractivity contribution in [1.29, 1.82) is 0 Å². The molecule has 0 saturated heterocycles. The Balaban J connectivity index is 0. The zero-order valence-electron chi connectivity index (χ0n) is 19.3. The molecule has 0 saturated carbocycles. The zero-order valence-corrected chi connectivity index (χ0v) is 24.4. The second kappa shape index (κ2) is 20.6. The molecule has 0 heterocycles. The monoisotopic (exact) mass is 517 g/mol. The van der Waals surface area contributed by atoms with Crippen molar-refractivity contribution >= 4 is 26.5 Å². The van der Waals surface area contributed by atoms with Crippen LogP contribution in [0.15, 0.2) is 36.4 Å². The van der Waals surface area contributed by atoms with Gasteiger partial charge in [0, 0.05) is 9.52 Å². The van der Waals surface area contributed by atoms with E-state index in [-0.39, 0.29) is 0 Å². The van der Waals surface area contributed by atoms with Crippen LogP contribution in [-0.4, -0.2) is 9.52 Å². The first kappa shape index (κ1) is 30.6. The summed E-state index contributed by atoms with van der Waals surface area (Å²) in [5.74, 6) is 1.56. The Kier molecular flexibility index (Phi) is 22.5. The summed E-state index contributed by atoms with van der Waals surface area (Å²) in [4.78, 5) is 0. The molecule has 1 radical (unpaired) electrons. The molecular formula is C24H41Cl2SiZr. The maximum atomic E-state index is 4.93. The quantitative estimate of drug-likeness (QED) is 0.266. The van der Waals surface area contributed by atoms with Gasteiger partial charge in [0.15, 0.2) is 0 Å². The molecule has 0 unspecified atom stereocenters. The number of hydrogen-bond acceptors (Lipinski definition) is 0. The molecule has 0 aliphatic carbocycles. The van der Waals surface area contributed by atoms with Gasteiger partial charge in [-0.1, -0.05) is 92.2 Å². The molecular weight excluding hydrogens is 478 g/mol. The van der Waals surface area contributed by atoms with E-state index in [4.69, 9.17) is 17.0 Å². The van der Waals surface area contributed by atoms with Crippen molar-refractivity contribution in [2.45, 2.75) is 80.3 Å². The summed E-state index contributed by atoms with van der Waals surface area (Å²) < 4.78 is 0. The van der Waals surface area contributed by atoms with Gasteiger partial charge < -0.3 is 0 Å². The molecule has 0 N–H and O–H groups in total. The fraction of sp³-hybridized carbons (Fsp3) is 0.583. The van der Waals surface area contributed by atoms with Gasteiger partial charge in [-0.05, 0) is 0 Å². The molecule has 2 aromatic rings. The SMILES string of the molecule is CCc1cc(CC(C)C)c[cH-]1.CCc1cc(CC(C)C)c[cH-]1.C[SiH]C.[Cl][Zr+2][Cl]. The van der Waals surface area contributed by atoms with Crippen LogP contribution in [-0.2, 0) is 46.5 Å². The Morgan fingerprint density at radius 1 is 0.821 bits per heavy atom. The van der Waals surface area contributed by atoms with Gasteiger partial charge in [-0.3, -0.25) is 0 Å². The Hall–Kier alpha value is 0.380. The van der Waals surface area contributed by atoms with E-state index in [0.29, 0.717) is 0 Å². The predicted octanol–water partition coefficient (Wildman–Crippen LogP) is 8.23. The van der Waals surface area contributed by atoms with Gasteiger partial charge in [-0.2, -0.15) is 46.5 Å². The Bertz CT molecular complexity index is 508. The Morgan fingerprint density at radius 3 is 1.29 bits per heavy atom. The molecule has 0 aliphatic rings. The van der Waals surface area contributed by atoms with E-state index >= 15 is 0 Å². The van der Waals surface area contributed by atoms with E-state index in [0.717, 1.165) is 34.2 Å². The second-order valence-electron chi connectivity index (χ2n) is 7.81. The third kappa shape index (κ3) is 18.4. The van der Waals surface area contributed by atoms with Crippen molar-refractivity contribution in [1.82, 2.24) is 0 Å². The van der Waals surface area contributed by atoms with Gasteiger partial charge in [-0.25, -0.2) is 12.1 Å². The average Bonchev–Trinajstić information content (AvgIpc) is 3.25. The first-order valence-corrected chi connectivity index (χ1v) is 19.1. The molecule has 28 heavy (non-hydrogen) atoms. The summed E-state index contributed by atoms with van der Waals surface area (Å²) in [6.45, 7) is 17.9. The fourth-order valence-electron chi connectivity index (χ4n) is 2.73. The number of hydrogen-bond donors (Lipinski definition) is 0. The van der Waals surface area contributed by atoms with Crippen molar-refractivity contribution in [3.05, 3.63) is 58.7 Å². The number of halogens is 2. The van der Waals surface area contributed by atoms with Crippen molar-refractivity contribution < 1.29 is 20.8 Å². The summed E-state index contributed by atoms with van der Waals surface area (Å²) in [6, 6.07) is 13.6. The molecule has 159 valence electrons. The van der Waals surface area contributed by atoms with Crippen LogP contribution in [0, 0.1) is 11.8 Å². The van der Waals surface area contributed by atoms with E-state index in [2.05, 4.69) is 91.0 Å². The summed E-state index contributed by atoms with van der Waals surface area (Å²) in [6.07, 6.45) is 4.77. The molecule has 0 amide bonds.